The standard InChI is InChI=1S/C27H39N7O4S/c1-17(2)34-16-25(36)33(3)23-15-29-27(32-26(23)34)31-21-12-20(13-22(14-21)39(4,37)38)30-24(35)7-5-6-18-8-10-19(28)11-9-18/h12-15,17-19H,5-11,16,28H2,1-4H3,(H,30,35)(H,29,31,32). The van der Waals surface area contributed by atoms with E-state index in [1.54, 1.807) is 19.3 Å². The zero-order valence-electron chi connectivity index (χ0n) is 23.1. The lowest BCUT2D eigenvalue weighted by Crippen LogP contribution is -2.47. The van der Waals surface area contributed by atoms with Gasteiger partial charge in [0.25, 0.3) is 0 Å². The van der Waals surface area contributed by atoms with E-state index >= 15 is 0 Å². The number of hydrogen-bond donors (Lipinski definition) is 3. The molecule has 0 unspecified atom stereocenters. The van der Waals surface area contributed by atoms with Crippen molar-refractivity contribution in [1.82, 2.24) is 9.97 Å². The SMILES string of the molecule is CC(C)N1CC(=O)N(C)c2cnc(Nc3cc(NC(=O)CCCC4CCC(N)CC4)cc(S(C)(=O)=O)c3)nc21. The van der Waals surface area contributed by atoms with Gasteiger partial charge in [-0.2, -0.15) is 4.98 Å². The Morgan fingerprint density at radius 2 is 1.85 bits per heavy atom. The zero-order valence-corrected chi connectivity index (χ0v) is 23.9. The molecule has 1 aliphatic heterocycles. The first kappa shape index (κ1) is 28.8. The van der Waals surface area contributed by atoms with Crippen molar-refractivity contribution in [2.45, 2.75) is 75.8 Å². The summed E-state index contributed by atoms with van der Waals surface area (Å²) in [6.45, 7) is 4.16. The predicted molar refractivity (Wildman–Crippen MR) is 153 cm³/mol. The number of likely N-dealkylation sites (N-methyl/N-ethyl adjacent to an activating group) is 1. The molecule has 1 aromatic heterocycles. The second-order valence-corrected chi connectivity index (χ2v) is 13.0. The number of sulfone groups is 1. The molecule has 212 valence electrons. The summed E-state index contributed by atoms with van der Waals surface area (Å²) in [5.41, 5.74) is 7.38. The normalized spacial score (nSPS) is 19.7. The maximum Gasteiger partial charge on any atom is 0.246 e. The molecule has 0 atom stereocenters. The summed E-state index contributed by atoms with van der Waals surface area (Å²) in [5, 5.41) is 5.93. The molecule has 4 N–H and O–H groups in total. The summed E-state index contributed by atoms with van der Waals surface area (Å²) in [5.74, 6) is 1.26. The largest absolute Gasteiger partial charge is 0.343 e. The molecule has 1 aliphatic carbocycles. The Balaban J connectivity index is 1.49. The molecule has 2 aromatic rings. The first-order valence-corrected chi connectivity index (χ1v) is 15.4. The highest BCUT2D eigenvalue weighted by Gasteiger charge is 2.30. The van der Waals surface area contributed by atoms with Crippen molar-refractivity contribution in [1.29, 1.82) is 0 Å². The van der Waals surface area contributed by atoms with Crippen LogP contribution in [-0.4, -0.2) is 62.1 Å². The molecule has 2 amide bonds. The smallest absolute Gasteiger partial charge is 0.246 e. The van der Waals surface area contributed by atoms with Gasteiger partial charge in [0.15, 0.2) is 15.7 Å². The highest BCUT2D eigenvalue weighted by molar-refractivity contribution is 7.90. The van der Waals surface area contributed by atoms with Gasteiger partial charge in [0.2, 0.25) is 17.8 Å². The van der Waals surface area contributed by atoms with Gasteiger partial charge >= 0.3 is 0 Å². The molecule has 0 spiro atoms. The summed E-state index contributed by atoms with van der Waals surface area (Å²) in [7, 11) is -1.87. The molecular formula is C27H39N7O4S. The average molecular weight is 558 g/mol. The van der Waals surface area contributed by atoms with E-state index in [2.05, 4.69) is 20.6 Å². The number of hydrogen-bond acceptors (Lipinski definition) is 9. The summed E-state index contributed by atoms with van der Waals surface area (Å²) >= 11 is 0. The van der Waals surface area contributed by atoms with Crippen LogP contribution in [0.15, 0.2) is 29.3 Å². The first-order valence-electron chi connectivity index (χ1n) is 13.5. The van der Waals surface area contributed by atoms with Gasteiger partial charge in [-0.1, -0.05) is 0 Å². The number of amides is 2. The Morgan fingerprint density at radius 1 is 1.15 bits per heavy atom. The molecule has 1 saturated carbocycles. The van der Waals surface area contributed by atoms with Gasteiger partial charge in [-0.15, -0.1) is 0 Å². The molecule has 1 aromatic carbocycles. The maximum atomic E-state index is 12.7. The van der Waals surface area contributed by atoms with Gasteiger partial charge in [-0.25, -0.2) is 13.4 Å². The Hall–Kier alpha value is -3.25. The highest BCUT2D eigenvalue weighted by atomic mass is 32.2. The van der Waals surface area contributed by atoms with E-state index in [1.807, 2.05) is 18.7 Å². The van der Waals surface area contributed by atoms with Crippen molar-refractivity contribution < 1.29 is 18.0 Å². The van der Waals surface area contributed by atoms with Crippen molar-refractivity contribution in [3.8, 4) is 0 Å². The molecule has 0 saturated heterocycles. The van der Waals surface area contributed by atoms with Crippen LogP contribution in [0.25, 0.3) is 0 Å². The van der Waals surface area contributed by atoms with E-state index in [4.69, 9.17) is 5.73 Å². The molecular weight excluding hydrogens is 518 g/mol. The van der Waals surface area contributed by atoms with Crippen molar-refractivity contribution in [2.24, 2.45) is 11.7 Å². The fourth-order valence-corrected chi connectivity index (χ4v) is 5.78. The van der Waals surface area contributed by atoms with Crippen LogP contribution in [0.4, 0.5) is 28.8 Å². The van der Waals surface area contributed by atoms with Crippen LogP contribution < -0.4 is 26.2 Å². The van der Waals surface area contributed by atoms with Gasteiger partial charge in [0.05, 0.1) is 17.6 Å². The average Bonchev–Trinajstić information content (AvgIpc) is 2.86. The fourth-order valence-electron chi connectivity index (χ4n) is 5.10. The number of benzene rings is 1. The van der Waals surface area contributed by atoms with E-state index in [-0.39, 0.29) is 35.2 Å². The molecule has 39 heavy (non-hydrogen) atoms. The fraction of sp³-hybridized carbons (Fsp3) is 0.556. The minimum atomic E-state index is -3.55. The number of nitrogens with one attached hydrogen (secondary N) is 2. The van der Waals surface area contributed by atoms with Crippen molar-refractivity contribution in [3.63, 3.8) is 0 Å². The highest BCUT2D eigenvalue weighted by Crippen LogP contribution is 2.33. The lowest BCUT2D eigenvalue weighted by atomic mass is 9.83. The Kier molecular flexibility index (Phi) is 8.75. The predicted octanol–water partition coefficient (Wildman–Crippen LogP) is 3.44. The Bertz CT molecular complexity index is 1320. The van der Waals surface area contributed by atoms with Gasteiger partial charge in [0.1, 0.15) is 5.69 Å². The lowest BCUT2D eigenvalue weighted by Gasteiger charge is -2.36. The Morgan fingerprint density at radius 3 is 2.51 bits per heavy atom. The van der Waals surface area contributed by atoms with Gasteiger partial charge in [-0.05, 0) is 76.5 Å². The molecule has 1 fully saturated rings. The third-order valence-corrected chi connectivity index (χ3v) is 8.56. The molecule has 0 radical (unpaired) electrons. The third-order valence-electron chi connectivity index (χ3n) is 7.47. The van der Waals surface area contributed by atoms with Crippen LogP contribution >= 0.6 is 0 Å². The lowest BCUT2D eigenvalue weighted by molar-refractivity contribution is -0.117. The summed E-state index contributed by atoms with van der Waals surface area (Å²) in [6.07, 6.45) is 9.12. The second-order valence-electron chi connectivity index (χ2n) is 10.9. The van der Waals surface area contributed by atoms with Crippen LogP contribution in [-0.2, 0) is 19.4 Å². The minimum Gasteiger partial charge on any atom is -0.343 e. The van der Waals surface area contributed by atoms with Crippen LogP contribution in [0.5, 0.6) is 0 Å². The van der Waals surface area contributed by atoms with Crippen molar-refractivity contribution >= 4 is 50.5 Å². The van der Waals surface area contributed by atoms with E-state index in [9.17, 15) is 18.0 Å². The Labute approximate surface area is 230 Å². The topological polar surface area (TPSA) is 151 Å². The molecule has 2 aliphatic rings. The van der Waals surface area contributed by atoms with Crippen LogP contribution in [0.3, 0.4) is 0 Å². The molecule has 4 rings (SSSR count). The quantitative estimate of drug-likeness (QED) is 0.421. The van der Waals surface area contributed by atoms with Crippen molar-refractivity contribution in [2.75, 3.05) is 40.3 Å². The van der Waals surface area contributed by atoms with E-state index < -0.39 is 9.84 Å². The number of carbonyl (C=O) groups excluding carboxylic acids is 2. The number of anilines is 5. The maximum absolute atomic E-state index is 12.7. The van der Waals surface area contributed by atoms with Gasteiger partial charge in [-0.3, -0.25) is 9.59 Å². The molecule has 0 bridgehead atoms. The van der Waals surface area contributed by atoms with Crippen LogP contribution in [0.1, 0.15) is 58.8 Å². The number of aromatic nitrogens is 2. The minimum absolute atomic E-state index is 0.0372. The number of carbonyl (C=O) groups is 2. The number of nitrogens with zero attached hydrogens (tertiary/aromatic N) is 4. The van der Waals surface area contributed by atoms with Gasteiger partial charge < -0.3 is 26.2 Å². The summed E-state index contributed by atoms with van der Waals surface area (Å²) < 4.78 is 24.8. The van der Waals surface area contributed by atoms with Gasteiger partial charge in [0, 0.05) is 43.2 Å². The van der Waals surface area contributed by atoms with Crippen LogP contribution in [0, 0.1) is 5.92 Å². The third kappa shape index (κ3) is 7.24. The summed E-state index contributed by atoms with van der Waals surface area (Å²) in [4.78, 5) is 37.5. The van der Waals surface area contributed by atoms with E-state index in [0.717, 1.165) is 44.8 Å². The molecule has 12 heteroatoms. The zero-order chi connectivity index (χ0) is 28.3. The van der Waals surface area contributed by atoms with E-state index in [0.29, 0.717) is 41.3 Å². The first-order chi connectivity index (χ1) is 18.4. The monoisotopic (exact) mass is 557 g/mol. The number of rotatable bonds is 9. The second kappa shape index (κ2) is 11.9. The number of fused-ring (bicyclic) bond motifs is 1. The molecule has 2 heterocycles. The summed E-state index contributed by atoms with van der Waals surface area (Å²) in [6, 6.07) is 4.94. The van der Waals surface area contributed by atoms with Crippen molar-refractivity contribution in [3.05, 3.63) is 24.4 Å². The van der Waals surface area contributed by atoms with E-state index in [1.165, 1.54) is 17.0 Å². The number of nitrogens with two attached hydrogens (primary N) is 1. The van der Waals surface area contributed by atoms with Crippen LogP contribution in [0.2, 0.25) is 0 Å². The molecule has 11 nitrogen and oxygen atoms in total.